The monoisotopic (exact) mass is 476 g/mol. The molecule has 7 heteroatoms. The highest BCUT2D eigenvalue weighted by molar-refractivity contribution is 6.03. The Labute approximate surface area is 209 Å². The first-order valence-electron chi connectivity index (χ1n) is 12.4. The molecule has 1 N–H and O–H groups in total. The minimum atomic E-state index is 0.269. The fourth-order valence-electron chi connectivity index (χ4n) is 6.28. The van der Waals surface area contributed by atoms with E-state index in [1.807, 2.05) is 34.7 Å². The molecule has 0 radical (unpaired) electrons. The van der Waals surface area contributed by atoms with Crippen LogP contribution in [0.1, 0.15) is 11.1 Å². The Morgan fingerprint density at radius 2 is 1.83 bits per heavy atom. The first-order chi connectivity index (χ1) is 17.4. The van der Waals surface area contributed by atoms with Gasteiger partial charge in [0.05, 0.1) is 28.7 Å². The van der Waals surface area contributed by atoms with E-state index in [9.17, 15) is 5.11 Å². The lowest BCUT2D eigenvalue weighted by Gasteiger charge is -2.21. The molecule has 2 unspecified atom stereocenters. The van der Waals surface area contributed by atoms with E-state index < -0.39 is 0 Å². The number of aliphatic hydroxyl groups excluding tert-OH is 1. The van der Waals surface area contributed by atoms with E-state index in [0.717, 1.165) is 57.7 Å². The third kappa shape index (κ3) is 3.08. The lowest BCUT2D eigenvalue weighted by atomic mass is 10.0. The molecular weight excluding hydrogens is 448 g/mol. The van der Waals surface area contributed by atoms with Crippen LogP contribution in [-0.2, 0) is 7.05 Å². The Morgan fingerprint density at radius 1 is 1.03 bits per heavy atom. The van der Waals surface area contributed by atoms with Crippen LogP contribution in [0.2, 0.25) is 0 Å². The summed E-state index contributed by atoms with van der Waals surface area (Å²) in [4.78, 5) is 7.13. The summed E-state index contributed by atoms with van der Waals surface area (Å²) in [5.41, 5.74) is 7.42. The maximum absolute atomic E-state index is 9.74. The van der Waals surface area contributed by atoms with Gasteiger partial charge in [-0.2, -0.15) is 10.2 Å². The number of hydrogen-bond donors (Lipinski definition) is 1. The molecule has 36 heavy (non-hydrogen) atoms. The van der Waals surface area contributed by atoms with Crippen molar-refractivity contribution in [3.63, 3.8) is 0 Å². The van der Waals surface area contributed by atoms with Crippen molar-refractivity contribution in [1.29, 1.82) is 0 Å². The normalized spacial score (nSPS) is 20.9. The first-order valence-corrected chi connectivity index (χ1v) is 12.4. The van der Waals surface area contributed by atoms with E-state index in [2.05, 4.69) is 67.0 Å². The molecule has 5 aromatic rings. The minimum Gasteiger partial charge on any atom is -0.513 e. The van der Waals surface area contributed by atoms with Crippen LogP contribution < -0.4 is 4.90 Å². The quantitative estimate of drug-likeness (QED) is 0.354. The van der Waals surface area contributed by atoms with E-state index in [1.54, 1.807) is 0 Å². The van der Waals surface area contributed by atoms with Crippen LogP contribution in [0.15, 0.2) is 67.2 Å². The van der Waals surface area contributed by atoms with Crippen molar-refractivity contribution in [2.45, 2.75) is 13.8 Å². The maximum atomic E-state index is 9.74. The van der Waals surface area contributed by atoms with Gasteiger partial charge in [0.15, 0.2) is 0 Å². The molecule has 3 aromatic heterocycles. The molecule has 2 aromatic carbocycles. The van der Waals surface area contributed by atoms with Gasteiger partial charge in [-0.25, -0.2) is 9.67 Å². The van der Waals surface area contributed by atoms with Crippen LogP contribution in [0.25, 0.3) is 38.8 Å². The Bertz CT molecular complexity index is 1670. The van der Waals surface area contributed by atoms with Gasteiger partial charge in [0.2, 0.25) is 0 Å². The molecule has 180 valence electrons. The van der Waals surface area contributed by atoms with Crippen molar-refractivity contribution in [3.8, 4) is 16.9 Å². The predicted octanol–water partition coefficient (Wildman–Crippen LogP) is 5.34. The second kappa shape index (κ2) is 7.43. The molecule has 1 aliphatic heterocycles. The molecule has 2 aliphatic rings. The maximum Gasteiger partial charge on any atom is 0.128 e. The molecule has 2 fully saturated rings. The average molecular weight is 477 g/mol. The Kier molecular flexibility index (Phi) is 4.37. The number of hydrogen-bond acceptors (Lipinski definition) is 5. The zero-order chi connectivity index (χ0) is 24.7. The molecule has 1 aliphatic carbocycles. The van der Waals surface area contributed by atoms with Crippen molar-refractivity contribution in [3.05, 3.63) is 78.3 Å². The van der Waals surface area contributed by atoms with E-state index in [-0.39, 0.29) is 5.92 Å². The van der Waals surface area contributed by atoms with E-state index in [0.29, 0.717) is 17.6 Å². The van der Waals surface area contributed by atoms with Gasteiger partial charge < -0.3 is 10.0 Å². The largest absolute Gasteiger partial charge is 0.513 e. The Balaban J connectivity index is 1.31. The zero-order valence-electron chi connectivity index (χ0n) is 20.7. The third-order valence-corrected chi connectivity index (χ3v) is 7.91. The highest BCUT2D eigenvalue weighted by atomic mass is 16.3. The molecule has 1 saturated carbocycles. The summed E-state index contributed by atoms with van der Waals surface area (Å²) in [6, 6.07) is 14.8. The fourth-order valence-corrected chi connectivity index (χ4v) is 6.28. The van der Waals surface area contributed by atoms with Crippen molar-refractivity contribution in [1.82, 2.24) is 24.5 Å². The molecule has 0 amide bonds. The van der Waals surface area contributed by atoms with Crippen molar-refractivity contribution >= 4 is 27.6 Å². The number of aliphatic hydroxyl groups is 1. The summed E-state index contributed by atoms with van der Waals surface area (Å²) in [6.07, 6.45) is 3.98. The molecule has 7 rings (SSSR count). The number of allylic oxidation sites excluding steroid dienone is 1. The number of pyridine rings is 1. The number of nitrogens with zero attached hydrogens (tertiary/aromatic N) is 6. The number of fused-ring (bicyclic) bond motifs is 3. The third-order valence-electron chi connectivity index (χ3n) is 7.91. The Morgan fingerprint density at radius 3 is 2.56 bits per heavy atom. The van der Waals surface area contributed by atoms with Gasteiger partial charge in [-0.05, 0) is 55.5 Å². The minimum absolute atomic E-state index is 0.269. The summed E-state index contributed by atoms with van der Waals surface area (Å²) in [6.45, 7) is 9.84. The van der Waals surface area contributed by atoms with Gasteiger partial charge in [-0.1, -0.05) is 30.3 Å². The van der Waals surface area contributed by atoms with Gasteiger partial charge in [0.25, 0.3) is 0 Å². The zero-order valence-corrected chi connectivity index (χ0v) is 20.7. The molecule has 2 atom stereocenters. The van der Waals surface area contributed by atoms with Gasteiger partial charge in [-0.3, -0.25) is 4.68 Å². The van der Waals surface area contributed by atoms with Crippen LogP contribution in [0, 0.1) is 31.6 Å². The summed E-state index contributed by atoms with van der Waals surface area (Å²) in [5.74, 6) is 2.58. The summed E-state index contributed by atoms with van der Waals surface area (Å²) < 4.78 is 3.88. The number of rotatable bonds is 4. The fraction of sp³-hybridized carbons (Fsp3) is 0.276. The first kappa shape index (κ1) is 21.2. The molecule has 0 bridgehead atoms. The predicted molar refractivity (Wildman–Crippen MR) is 142 cm³/mol. The lowest BCUT2D eigenvalue weighted by Crippen LogP contribution is -2.25. The average Bonchev–Trinajstić information content (AvgIpc) is 3.18. The second-order valence-electron chi connectivity index (χ2n) is 10.4. The van der Waals surface area contributed by atoms with Gasteiger partial charge in [-0.15, -0.1) is 0 Å². The SMILES string of the molecule is C=C(O)C1C2CN(c3ccc(-n4nc(-c5cccc6nn(C)cc56)c5cc(C)cc(C)c54)cn3)CC21. The molecule has 7 nitrogen and oxygen atoms in total. The molecular formula is C29H28N6O. The standard InChI is InChI=1S/C29H28N6O/c1-16-10-17(2)29-21(11-16)28(20-6-5-7-25-22(20)13-33(4)31-25)32-35(29)19-8-9-26(30-12-19)34-14-23-24(15-34)27(23)18(3)36/h5-13,23-24,27,36H,3,14-15H2,1-2,4H3. The highest BCUT2D eigenvalue weighted by Gasteiger charge is 2.57. The number of piperidine rings is 1. The molecule has 0 spiro atoms. The van der Waals surface area contributed by atoms with Crippen LogP contribution in [0.5, 0.6) is 0 Å². The highest BCUT2D eigenvalue weighted by Crippen LogP contribution is 2.55. The smallest absolute Gasteiger partial charge is 0.128 e. The van der Waals surface area contributed by atoms with Crippen molar-refractivity contribution in [2.75, 3.05) is 18.0 Å². The summed E-state index contributed by atoms with van der Waals surface area (Å²) in [5, 5.41) is 21.7. The van der Waals surface area contributed by atoms with Gasteiger partial charge >= 0.3 is 0 Å². The summed E-state index contributed by atoms with van der Waals surface area (Å²) >= 11 is 0. The second-order valence-corrected chi connectivity index (χ2v) is 10.4. The van der Waals surface area contributed by atoms with Gasteiger partial charge in [0.1, 0.15) is 11.5 Å². The number of anilines is 1. The van der Waals surface area contributed by atoms with Crippen LogP contribution in [0.4, 0.5) is 5.82 Å². The van der Waals surface area contributed by atoms with Crippen LogP contribution >= 0.6 is 0 Å². The molecule has 1 saturated heterocycles. The van der Waals surface area contributed by atoms with Crippen molar-refractivity contribution < 1.29 is 5.11 Å². The molecule has 4 heterocycles. The number of aryl methyl sites for hydroxylation is 3. The van der Waals surface area contributed by atoms with Crippen LogP contribution in [-0.4, -0.2) is 42.7 Å². The lowest BCUT2D eigenvalue weighted by molar-refractivity contribution is 0.365. The topological polar surface area (TPSA) is 72.0 Å². The number of aromatic nitrogens is 5. The van der Waals surface area contributed by atoms with E-state index in [1.165, 1.54) is 11.1 Å². The van der Waals surface area contributed by atoms with Gasteiger partial charge in [0, 0.05) is 48.6 Å². The van der Waals surface area contributed by atoms with E-state index in [4.69, 9.17) is 10.1 Å². The Hall–Kier alpha value is -4.13. The van der Waals surface area contributed by atoms with Crippen LogP contribution in [0.3, 0.4) is 0 Å². The van der Waals surface area contributed by atoms with Crippen molar-refractivity contribution in [2.24, 2.45) is 24.8 Å². The number of benzene rings is 2. The van der Waals surface area contributed by atoms with E-state index >= 15 is 0 Å². The summed E-state index contributed by atoms with van der Waals surface area (Å²) in [7, 11) is 1.95.